The zero-order chi connectivity index (χ0) is 12.8. The molecule has 0 fully saturated rings. The third-order valence-electron chi connectivity index (χ3n) is 2.52. The highest BCUT2D eigenvalue weighted by atomic mass is 16.5. The van der Waals surface area contributed by atoms with Crippen LogP contribution in [0.25, 0.3) is 0 Å². The fraction of sp³-hybridized carbons (Fsp3) is 0.500. The van der Waals surface area contributed by atoms with Gasteiger partial charge in [0.1, 0.15) is 0 Å². The Labute approximate surface area is 100.0 Å². The van der Waals surface area contributed by atoms with Gasteiger partial charge in [-0.05, 0) is 19.9 Å². The first kappa shape index (κ1) is 13.4. The van der Waals surface area contributed by atoms with Crippen LogP contribution in [0.15, 0.2) is 16.9 Å². The van der Waals surface area contributed by atoms with Crippen LogP contribution in [-0.2, 0) is 16.0 Å². The largest absolute Gasteiger partial charge is 0.465 e. The molecule has 1 aromatic rings. The van der Waals surface area contributed by atoms with Crippen LogP contribution >= 0.6 is 0 Å². The molecule has 0 amide bonds. The van der Waals surface area contributed by atoms with Crippen molar-refractivity contribution in [3.05, 3.63) is 33.7 Å². The van der Waals surface area contributed by atoms with Crippen LogP contribution in [0.3, 0.4) is 0 Å². The number of hydrogen-bond acceptors (Lipinski definition) is 4. The Balaban J connectivity index is 3.03. The van der Waals surface area contributed by atoms with Gasteiger partial charge in [0.25, 0.3) is 5.56 Å². The Morgan fingerprint density at radius 3 is 2.71 bits per heavy atom. The number of carbonyl (C=O) groups is 1. The van der Waals surface area contributed by atoms with Crippen LogP contribution in [0, 0.1) is 6.92 Å². The topological polar surface area (TPSA) is 57.5 Å². The van der Waals surface area contributed by atoms with E-state index in [0.717, 1.165) is 0 Å². The highest BCUT2D eigenvalue weighted by Crippen LogP contribution is 2.06. The van der Waals surface area contributed by atoms with Crippen LogP contribution in [0.2, 0.25) is 0 Å². The number of hydrogen-bond donors (Lipinski definition) is 0. The van der Waals surface area contributed by atoms with Crippen molar-refractivity contribution in [3.8, 4) is 0 Å². The van der Waals surface area contributed by atoms with Crippen molar-refractivity contribution in [1.29, 1.82) is 0 Å². The fourth-order valence-corrected chi connectivity index (χ4v) is 1.58. The first-order valence-corrected chi connectivity index (χ1v) is 5.48. The van der Waals surface area contributed by atoms with Crippen LogP contribution in [0.5, 0.6) is 0 Å². The predicted molar refractivity (Wildman–Crippen MR) is 63.3 cm³/mol. The summed E-state index contributed by atoms with van der Waals surface area (Å²) in [6, 6.07) is 2.85. The smallest absolute Gasteiger partial charge is 0.339 e. The van der Waals surface area contributed by atoms with Gasteiger partial charge >= 0.3 is 5.97 Å². The van der Waals surface area contributed by atoms with E-state index in [0.29, 0.717) is 31.0 Å². The molecule has 1 aromatic heterocycles. The lowest BCUT2D eigenvalue weighted by Gasteiger charge is -2.12. The number of methoxy groups -OCH3 is 1. The summed E-state index contributed by atoms with van der Waals surface area (Å²) in [6.45, 7) is 5.09. The maximum Gasteiger partial charge on any atom is 0.339 e. The average molecular weight is 239 g/mol. The van der Waals surface area contributed by atoms with Crippen molar-refractivity contribution < 1.29 is 14.3 Å². The highest BCUT2D eigenvalue weighted by Gasteiger charge is 2.12. The Bertz CT molecular complexity index is 450. The molecule has 0 aliphatic heterocycles. The standard InChI is InChI=1S/C12H17NO4/c1-4-17-8-7-13-9(2)10(12(15)16-3)5-6-11(13)14/h5-6H,4,7-8H2,1-3H3. The summed E-state index contributed by atoms with van der Waals surface area (Å²) < 4.78 is 11.4. The summed E-state index contributed by atoms with van der Waals surface area (Å²) in [5, 5.41) is 0. The van der Waals surface area contributed by atoms with Crippen LogP contribution < -0.4 is 5.56 Å². The molecule has 1 heterocycles. The van der Waals surface area contributed by atoms with E-state index in [2.05, 4.69) is 4.74 Å². The fourth-order valence-electron chi connectivity index (χ4n) is 1.58. The van der Waals surface area contributed by atoms with Crippen molar-refractivity contribution in [2.45, 2.75) is 20.4 Å². The van der Waals surface area contributed by atoms with Gasteiger partial charge in [0, 0.05) is 24.9 Å². The van der Waals surface area contributed by atoms with E-state index in [4.69, 9.17) is 4.74 Å². The van der Waals surface area contributed by atoms with Gasteiger partial charge in [0.05, 0.1) is 19.3 Å². The van der Waals surface area contributed by atoms with Crippen molar-refractivity contribution in [2.75, 3.05) is 20.3 Å². The van der Waals surface area contributed by atoms with Crippen molar-refractivity contribution in [1.82, 2.24) is 4.57 Å². The van der Waals surface area contributed by atoms with E-state index < -0.39 is 5.97 Å². The second kappa shape index (κ2) is 6.20. The average Bonchev–Trinajstić information content (AvgIpc) is 2.32. The number of nitrogens with zero attached hydrogens (tertiary/aromatic N) is 1. The Morgan fingerprint density at radius 2 is 2.12 bits per heavy atom. The molecule has 0 saturated carbocycles. The maximum absolute atomic E-state index is 11.7. The van der Waals surface area contributed by atoms with Crippen LogP contribution in [0.1, 0.15) is 23.0 Å². The summed E-state index contributed by atoms with van der Waals surface area (Å²) in [4.78, 5) is 23.1. The SMILES string of the molecule is CCOCCn1c(C)c(C(=O)OC)ccc1=O. The molecule has 0 aliphatic carbocycles. The van der Waals surface area contributed by atoms with Gasteiger partial charge in [-0.15, -0.1) is 0 Å². The van der Waals surface area contributed by atoms with E-state index in [1.165, 1.54) is 23.8 Å². The van der Waals surface area contributed by atoms with E-state index in [1.54, 1.807) is 6.92 Å². The van der Waals surface area contributed by atoms with E-state index in [-0.39, 0.29) is 5.56 Å². The van der Waals surface area contributed by atoms with Crippen LogP contribution in [-0.4, -0.2) is 30.9 Å². The highest BCUT2D eigenvalue weighted by molar-refractivity contribution is 5.90. The molecule has 0 spiro atoms. The molecule has 0 atom stereocenters. The molecular weight excluding hydrogens is 222 g/mol. The lowest BCUT2D eigenvalue weighted by molar-refractivity contribution is 0.0598. The minimum atomic E-state index is -0.437. The number of esters is 1. The number of carbonyl (C=O) groups excluding carboxylic acids is 1. The molecular formula is C12H17NO4. The molecule has 0 N–H and O–H groups in total. The second-order valence-electron chi connectivity index (χ2n) is 3.51. The minimum absolute atomic E-state index is 0.144. The summed E-state index contributed by atoms with van der Waals surface area (Å²) >= 11 is 0. The van der Waals surface area contributed by atoms with Gasteiger partial charge in [0.2, 0.25) is 0 Å². The van der Waals surface area contributed by atoms with Gasteiger partial charge in [0.15, 0.2) is 0 Å². The molecule has 1 rings (SSSR count). The third-order valence-corrected chi connectivity index (χ3v) is 2.52. The monoisotopic (exact) mass is 239 g/mol. The van der Waals surface area contributed by atoms with Crippen molar-refractivity contribution in [2.24, 2.45) is 0 Å². The molecule has 94 valence electrons. The quantitative estimate of drug-likeness (QED) is 0.567. The number of aromatic nitrogens is 1. The van der Waals surface area contributed by atoms with Gasteiger partial charge in [-0.1, -0.05) is 0 Å². The van der Waals surface area contributed by atoms with Gasteiger partial charge < -0.3 is 14.0 Å². The molecule has 0 saturated heterocycles. The van der Waals surface area contributed by atoms with Crippen LogP contribution in [0.4, 0.5) is 0 Å². The second-order valence-corrected chi connectivity index (χ2v) is 3.51. The number of rotatable bonds is 5. The zero-order valence-corrected chi connectivity index (χ0v) is 10.4. The lowest BCUT2D eigenvalue weighted by Crippen LogP contribution is -2.26. The molecule has 17 heavy (non-hydrogen) atoms. The van der Waals surface area contributed by atoms with Crippen molar-refractivity contribution >= 4 is 5.97 Å². The Kier molecular flexibility index (Phi) is 4.90. The third kappa shape index (κ3) is 3.17. The summed E-state index contributed by atoms with van der Waals surface area (Å²) in [5.74, 6) is -0.437. The molecule has 0 bridgehead atoms. The van der Waals surface area contributed by atoms with E-state index in [9.17, 15) is 9.59 Å². The molecule has 0 aromatic carbocycles. The lowest BCUT2D eigenvalue weighted by atomic mass is 10.2. The summed E-state index contributed by atoms with van der Waals surface area (Å²) in [7, 11) is 1.32. The van der Waals surface area contributed by atoms with E-state index >= 15 is 0 Å². The van der Waals surface area contributed by atoms with Crippen molar-refractivity contribution in [3.63, 3.8) is 0 Å². The Hall–Kier alpha value is -1.62. The molecule has 0 aliphatic rings. The van der Waals surface area contributed by atoms with Gasteiger partial charge in [-0.3, -0.25) is 4.79 Å². The molecule has 0 radical (unpaired) electrons. The normalized spacial score (nSPS) is 10.3. The molecule has 5 heteroatoms. The van der Waals surface area contributed by atoms with Gasteiger partial charge in [-0.25, -0.2) is 4.79 Å². The van der Waals surface area contributed by atoms with E-state index in [1.807, 2.05) is 6.92 Å². The minimum Gasteiger partial charge on any atom is -0.465 e. The summed E-state index contributed by atoms with van der Waals surface area (Å²) in [6.07, 6.45) is 0. The number of ether oxygens (including phenoxy) is 2. The summed E-state index contributed by atoms with van der Waals surface area (Å²) in [5.41, 5.74) is 0.863. The predicted octanol–water partition coefficient (Wildman–Crippen LogP) is 0.980. The zero-order valence-electron chi connectivity index (χ0n) is 10.4. The number of pyridine rings is 1. The Morgan fingerprint density at radius 1 is 1.41 bits per heavy atom. The van der Waals surface area contributed by atoms with Gasteiger partial charge in [-0.2, -0.15) is 0 Å². The maximum atomic E-state index is 11.7. The first-order chi connectivity index (χ1) is 8.11. The molecule has 5 nitrogen and oxygen atoms in total. The first-order valence-electron chi connectivity index (χ1n) is 5.48. The molecule has 0 unspecified atom stereocenters.